The van der Waals surface area contributed by atoms with E-state index in [1.165, 1.54) is 6.42 Å². The van der Waals surface area contributed by atoms with Crippen molar-refractivity contribution in [2.75, 3.05) is 19.7 Å². The van der Waals surface area contributed by atoms with Crippen LogP contribution < -0.4 is 11.1 Å². The maximum Gasteiger partial charge on any atom is 0.0613 e. The Bertz CT molecular complexity index is 96.3. The normalized spacial score (nSPS) is 22.2. The molecule has 3 heteroatoms. The summed E-state index contributed by atoms with van der Waals surface area (Å²) in [5.41, 5.74) is 5.37. The molecule has 0 radical (unpaired) electrons. The Balaban J connectivity index is 2.20. The molecule has 0 heterocycles. The third kappa shape index (κ3) is 1.48. The molecule has 0 aromatic heterocycles. The van der Waals surface area contributed by atoms with Crippen LogP contribution in [-0.4, -0.2) is 30.3 Å². The fourth-order valence-electron chi connectivity index (χ4n) is 1.33. The first-order chi connectivity index (χ1) is 4.83. The van der Waals surface area contributed by atoms with Gasteiger partial charge in [-0.05, 0) is 19.3 Å². The van der Waals surface area contributed by atoms with Gasteiger partial charge in [0.2, 0.25) is 0 Å². The van der Waals surface area contributed by atoms with Crippen LogP contribution in [0.15, 0.2) is 0 Å². The molecule has 1 rings (SSSR count). The van der Waals surface area contributed by atoms with Gasteiger partial charge in [-0.15, -0.1) is 0 Å². The van der Waals surface area contributed by atoms with Crippen molar-refractivity contribution in [3.8, 4) is 0 Å². The maximum atomic E-state index is 8.96. The summed E-state index contributed by atoms with van der Waals surface area (Å²) < 4.78 is 0. The second-order valence-electron chi connectivity index (χ2n) is 3.01. The van der Waals surface area contributed by atoms with Crippen molar-refractivity contribution in [2.45, 2.75) is 24.8 Å². The number of nitrogens with one attached hydrogen (secondary N) is 1. The van der Waals surface area contributed by atoms with Gasteiger partial charge in [-0.25, -0.2) is 0 Å². The monoisotopic (exact) mass is 144 g/mol. The first-order valence-electron chi connectivity index (χ1n) is 3.89. The van der Waals surface area contributed by atoms with Crippen LogP contribution in [0.4, 0.5) is 0 Å². The average molecular weight is 144 g/mol. The molecule has 60 valence electrons. The minimum Gasteiger partial charge on any atom is -0.394 e. The summed E-state index contributed by atoms with van der Waals surface area (Å²) in [6.07, 6.45) is 3.44. The van der Waals surface area contributed by atoms with E-state index < -0.39 is 0 Å². The summed E-state index contributed by atoms with van der Waals surface area (Å²) >= 11 is 0. The Hall–Kier alpha value is -0.120. The molecule has 1 aliphatic carbocycles. The highest BCUT2D eigenvalue weighted by Gasteiger charge is 2.34. The minimum absolute atomic E-state index is 0.0410. The zero-order valence-electron chi connectivity index (χ0n) is 6.27. The number of aliphatic hydroxyl groups is 1. The first-order valence-corrected chi connectivity index (χ1v) is 3.89. The molecule has 0 aromatic carbocycles. The highest BCUT2D eigenvalue weighted by molar-refractivity contribution is 4.95. The summed E-state index contributed by atoms with van der Waals surface area (Å²) in [6.45, 7) is 1.73. The van der Waals surface area contributed by atoms with Crippen LogP contribution in [0.25, 0.3) is 0 Å². The Morgan fingerprint density at radius 1 is 1.50 bits per heavy atom. The Kier molecular flexibility index (Phi) is 2.65. The largest absolute Gasteiger partial charge is 0.394 e. The van der Waals surface area contributed by atoms with Gasteiger partial charge in [0.15, 0.2) is 0 Å². The fourth-order valence-corrected chi connectivity index (χ4v) is 1.33. The number of hydrogen-bond donors (Lipinski definition) is 3. The van der Waals surface area contributed by atoms with E-state index in [0.29, 0.717) is 6.54 Å². The second-order valence-corrected chi connectivity index (χ2v) is 3.01. The molecule has 3 nitrogen and oxygen atoms in total. The topological polar surface area (TPSA) is 58.3 Å². The second kappa shape index (κ2) is 3.32. The molecule has 0 saturated heterocycles. The predicted molar refractivity (Wildman–Crippen MR) is 40.7 cm³/mol. The van der Waals surface area contributed by atoms with Crippen LogP contribution in [-0.2, 0) is 0 Å². The summed E-state index contributed by atoms with van der Waals surface area (Å²) in [5.74, 6) is 0. The molecule has 0 atom stereocenters. The lowest BCUT2D eigenvalue weighted by Gasteiger charge is -2.41. The van der Waals surface area contributed by atoms with Crippen molar-refractivity contribution < 1.29 is 5.11 Å². The van der Waals surface area contributed by atoms with Crippen molar-refractivity contribution >= 4 is 0 Å². The van der Waals surface area contributed by atoms with Crippen molar-refractivity contribution in [1.82, 2.24) is 5.32 Å². The van der Waals surface area contributed by atoms with Crippen molar-refractivity contribution in [3.63, 3.8) is 0 Å². The molecule has 0 aliphatic heterocycles. The average Bonchev–Trinajstić information content (AvgIpc) is 1.87. The summed E-state index contributed by atoms with van der Waals surface area (Å²) in [5, 5.41) is 12.2. The first kappa shape index (κ1) is 7.98. The van der Waals surface area contributed by atoms with E-state index >= 15 is 0 Å². The highest BCUT2D eigenvalue weighted by atomic mass is 16.3. The molecule has 0 bridgehead atoms. The molecule has 0 spiro atoms. The predicted octanol–water partition coefficient (Wildman–Crippen LogP) is -0.550. The van der Waals surface area contributed by atoms with Gasteiger partial charge in [-0.2, -0.15) is 0 Å². The molecular formula is C7H16N2O. The van der Waals surface area contributed by atoms with Gasteiger partial charge in [0.25, 0.3) is 0 Å². The zero-order chi connectivity index (χ0) is 7.45. The molecule has 0 unspecified atom stereocenters. The third-order valence-electron chi connectivity index (χ3n) is 2.26. The van der Waals surface area contributed by atoms with Gasteiger partial charge >= 0.3 is 0 Å². The van der Waals surface area contributed by atoms with Crippen LogP contribution >= 0.6 is 0 Å². The zero-order valence-corrected chi connectivity index (χ0v) is 6.27. The van der Waals surface area contributed by atoms with Gasteiger partial charge < -0.3 is 16.2 Å². The van der Waals surface area contributed by atoms with Gasteiger partial charge in [0, 0.05) is 18.6 Å². The van der Waals surface area contributed by atoms with E-state index in [4.69, 9.17) is 10.8 Å². The van der Waals surface area contributed by atoms with E-state index in [1.807, 2.05) is 0 Å². The SMILES string of the molecule is NCCNC1(CO)CCC1. The lowest BCUT2D eigenvalue weighted by molar-refractivity contribution is 0.0901. The van der Waals surface area contributed by atoms with Crippen molar-refractivity contribution in [3.05, 3.63) is 0 Å². The number of aliphatic hydroxyl groups excluding tert-OH is 1. The van der Waals surface area contributed by atoms with Crippen molar-refractivity contribution in [1.29, 1.82) is 0 Å². The van der Waals surface area contributed by atoms with Gasteiger partial charge in [0.1, 0.15) is 0 Å². The molecule has 0 amide bonds. The Labute approximate surface area is 61.6 Å². The smallest absolute Gasteiger partial charge is 0.0613 e. The number of nitrogens with two attached hydrogens (primary N) is 1. The van der Waals surface area contributed by atoms with E-state index in [-0.39, 0.29) is 12.1 Å². The molecule has 10 heavy (non-hydrogen) atoms. The lowest BCUT2D eigenvalue weighted by Crippen LogP contribution is -2.55. The van der Waals surface area contributed by atoms with E-state index in [0.717, 1.165) is 19.4 Å². The molecule has 4 N–H and O–H groups in total. The van der Waals surface area contributed by atoms with Crippen molar-refractivity contribution in [2.24, 2.45) is 5.73 Å². The van der Waals surface area contributed by atoms with Crippen LogP contribution in [0.3, 0.4) is 0 Å². The molecule has 1 aliphatic rings. The molecule has 1 fully saturated rings. The standard InChI is InChI=1S/C7H16N2O/c8-4-5-9-7(6-10)2-1-3-7/h9-10H,1-6,8H2. The van der Waals surface area contributed by atoms with E-state index in [1.54, 1.807) is 0 Å². The van der Waals surface area contributed by atoms with Gasteiger partial charge in [0.05, 0.1) is 6.61 Å². The maximum absolute atomic E-state index is 8.96. The van der Waals surface area contributed by atoms with Crippen LogP contribution in [0.1, 0.15) is 19.3 Å². The quantitative estimate of drug-likeness (QED) is 0.496. The lowest BCUT2D eigenvalue weighted by atomic mass is 9.77. The van der Waals surface area contributed by atoms with Crippen LogP contribution in [0.5, 0.6) is 0 Å². The third-order valence-corrected chi connectivity index (χ3v) is 2.26. The summed E-state index contributed by atoms with van der Waals surface area (Å²) in [4.78, 5) is 0. The molecule has 1 saturated carbocycles. The van der Waals surface area contributed by atoms with Crippen LogP contribution in [0, 0.1) is 0 Å². The Morgan fingerprint density at radius 2 is 2.20 bits per heavy atom. The van der Waals surface area contributed by atoms with Gasteiger partial charge in [-0.1, -0.05) is 0 Å². The van der Waals surface area contributed by atoms with E-state index in [2.05, 4.69) is 5.32 Å². The highest BCUT2D eigenvalue weighted by Crippen LogP contribution is 2.30. The Morgan fingerprint density at radius 3 is 2.50 bits per heavy atom. The summed E-state index contributed by atoms with van der Waals surface area (Å²) in [7, 11) is 0. The number of rotatable bonds is 4. The fraction of sp³-hybridized carbons (Fsp3) is 1.00. The summed E-state index contributed by atoms with van der Waals surface area (Å²) in [6, 6.07) is 0. The molecular weight excluding hydrogens is 128 g/mol. The minimum atomic E-state index is 0.0410. The molecule has 0 aromatic rings. The van der Waals surface area contributed by atoms with Gasteiger partial charge in [-0.3, -0.25) is 0 Å². The number of hydrogen-bond acceptors (Lipinski definition) is 3. The van der Waals surface area contributed by atoms with E-state index in [9.17, 15) is 0 Å². The van der Waals surface area contributed by atoms with Crippen LogP contribution in [0.2, 0.25) is 0 Å².